The van der Waals surface area contributed by atoms with Crippen LogP contribution in [0.4, 0.5) is 11.4 Å². The van der Waals surface area contributed by atoms with Crippen molar-refractivity contribution in [1.29, 1.82) is 0 Å². The number of thioether (sulfide) groups is 1. The summed E-state index contributed by atoms with van der Waals surface area (Å²) in [4.78, 5) is 24.3. The Bertz CT molecular complexity index is 1420. The normalized spacial score (nSPS) is 11.7. The van der Waals surface area contributed by atoms with Crippen molar-refractivity contribution in [2.45, 2.75) is 44.0 Å². The Kier molecular flexibility index (Phi) is 8.48. The van der Waals surface area contributed by atoms with Crippen LogP contribution in [0, 0.1) is 0 Å². The number of hydrogen-bond donors (Lipinski definition) is 2. The number of aromatic nitrogens is 3. The van der Waals surface area contributed by atoms with Crippen molar-refractivity contribution in [2.75, 3.05) is 17.7 Å². The molecule has 0 spiro atoms. The molecule has 1 heterocycles. The van der Waals surface area contributed by atoms with Gasteiger partial charge in [0, 0.05) is 23.9 Å². The minimum Gasteiger partial charge on any atom is -0.497 e. The molecule has 196 valence electrons. The molecule has 0 bridgehead atoms. The first-order valence-corrected chi connectivity index (χ1v) is 13.2. The van der Waals surface area contributed by atoms with Crippen molar-refractivity contribution < 1.29 is 14.3 Å². The van der Waals surface area contributed by atoms with Gasteiger partial charge in [-0.15, -0.1) is 10.2 Å². The summed E-state index contributed by atoms with van der Waals surface area (Å²) in [5.74, 6) is 1.40. The van der Waals surface area contributed by atoms with Crippen LogP contribution in [-0.2, 0) is 9.59 Å². The second kappa shape index (κ2) is 12.0. The van der Waals surface area contributed by atoms with E-state index >= 15 is 0 Å². The van der Waals surface area contributed by atoms with Gasteiger partial charge in [0.15, 0.2) is 11.0 Å². The fourth-order valence-electron chi connectivity index (χ4n) is 3.97. The number of anilines is 2. The lowest BCUT2D eigenvalue weighted by molar-refractivity contribution is -0.115. The predicted molar refractivity (Wildman–Crippen MR) is 152 cm³/mol. The summed E-state index contributed by atoms with van der Waals surface area (Å²) >= 11 is 1.34. The Morgan fingerprint density at radius 3 is 2.11 bits per heavy atom. The van der Waals surface area contributed by atoms with Crippen molar-refractivity contribution in [3.05, 3.63) is 78.4 Å². The molecular formula is C29H31N5O3S. The molecule has 2 N–H and O–H groups in total. The van der Waals surface area contributed by atoms with Gasteiger partial charge in [0.05, 0.1) is 18.0 Å². The molecule has 0 radical (unpaired) electrons. The lowest BCUT2D eigenvalue weighted by Gasteiger charge is -2.18. The number of carbonyl (C=O) groups excluding carboxylic acids is 2. The highest BCUT2D eigenvalue weighted by Gasteiger charge is 2.24. The van der Waals surface area contributed by atoms with E-state index in [1.165, 1.54) is 18.7 Å². The topological polar surface area (TPSA) is 98.1 Å². The highest BCUT2D eigenvalue weighted by molar-refractivity contribution is 8.00. The van der Waals surface area contributed by atoms with Crippen molar-refractivity contribution >= 4 is 35.0 Å². The lowest BCUT2D eigenvalue weighted by Crippen LogP contribution is -2.23. The average molecular weight is 530 g/mol. The number of hydrogen-bond acceptors (Lipinski definition) is 6. The van der Waals surface area contributed by atoms with E-state index in [1.54, 1.807) is 31.4 Å². The monoisotopic (exact) mass is 529 g/mol. The number of ether oxygens (including phenoxy) is 1. The van der Waals surface area contributed by atoms with Gasteiger partial charge in [0.1, 0.15) is 5.75 Å². The molecule has 1 aromatic heterocycles. The standard InChI is InChI=1S/C29H31N5O3S/c1-18(2)25-8-6-7-9-26(25)34-27(21-10-16-24(37-5)17-11-21)32-33-29(34)38-19(3)28(36)31-23-14-12-22(13-15-23)30-20(4)35/h6-19H,1-5H3,(H,30,35)(H,31,36). The molecule has 8 nitrogen and oxygen atoms in total. The molecule has 1 unspecified atom stereocenters. The van der Waals surface area contributed by atoms with Crippen LogP contribution in [0.5, 0.6) is 5.75 Å². The number of carbonyl (C=O) groups is 2. The van der Waals surface area contributed by atoms with Crippen LogP contribution < -0.4 is 15.4 Å². The summed E-state index contributed by atoms with van der Waals surface area (Å²) in [6.07, 6.45) is 0. The van der Waals surface area contributed by atoms with E-state index in [9.17, 15) is 9.59 Å². The van der Waals surface area contributed by atoms with E-state index in [0.29, 0.717) is 22.4 Å². The Balaban J connectivity index is 1.63. The summed E-state index contributed by atoms with van der Waals surface area (Å²) in [7, 11) is 1.63. The minimum absolute atomic E-state index is 0.149. The Morgan fingerprint density at radius 2 is 1.50 bits per heavy atom. The lowest BCUT2D eigenvalue weighted by atomic mass is 10.0. The molecule has 0 saturated carbocycles. The zero-order valence-corrected chi connectivity index (χ0v) is 22.9. The number of amides is 2. The van der Waals surface area contributed by atoms with Crippen molar-refractivity contribution in [3.63, 3.8) is 0 Å². The molecule has 4 aromatic rings. The number of nitrogens with one attached hydrogen (secondary N) is 2. The van der Waals surface area contributed by atoms with Crippen LogP contribution in [0.3, 0.4) is 0 Å². The van der Waals surface area contributed by atoms with Gasteiger partial charge in [-0.25, -0.2) is 0 Å². The molecule has 1 atom stereocenters. The maximum absolute atomic E-state index is 13.1. The van der Waals surface area contributed by atoms with Gasteiger partial charge in [-0.1, -0.05) is 43.8 Å². The van der Waals surface area contributed by atoms with Crippen LogP contribution in [-0.4, -0.2) is 38.9 Å². The number of benzene rings is 3. The van der Waals surface area contributed by atoms with Gasteiger partial charge in [-0.05, 0) is 73.0 Å². The first-order valence-electron chi connectivity index (χ1n) is 12.3. The van der Waals surface area contributed by atoms with Gasteiger partial charge < -0.3 is 15.4 Å². The summed E-state index contributed by atoms with van der Waals surface area (Å²) in [5, 5.41) is 14.9. The highest BCUT2D eigenvalue weighted by atomic mass is 32.2. The van der Waals surface area contributed by atoms with Crippen LogP contribution >= 0.6 is 11.8 Å². The Morgan fingerprint density at radius 1 is 0.868 bits per heavy atom. The highest BCUT2D eigenvalue weighted by Crippen LogP contribution is 2.34. The smallest absolute Gasteiger partial charge is 0.237 e. The second-order valence-corrected chi connectivity index (χ2v) is 10.4. The number of rotatable bonds is 9. The van der Waals surface area contributed by atoms with E-state index in [0.717, 1.165) is 22.6 Å². The fraction of sp³-hybridized carbons (Fsp3) is 0.241. The van der Waals surface area contributed by atoms with Gasteiger partial charge in [-0.3, -0.25) is 14.2 Å². The van der Waals surface area contributed by atoms with Crippen molar-refractivity contribution in [1.82, 2.24) is 14.8 Å². The largest absolute Gasteiger partial charge is 0.497 e. The third kappa shape index (κ3) is 6.23. The van der Waals surface area contributed by atoms with Gasteiger partial charge in [-0.2, -0.15) is 0 Å². The Hall–Kier alpha value is -4.11. The SMILES string of the molecule is COc1ccc(-c2nnc(SC(C)C(=O)Nc3ccc(NC(C)=O)cc3)n2-c2ccccc2C(C)C)cc1. The molecule has 0 aliphatic heterocycles. The molecule has 9 heteroatoms. The van der Waals surface area contributed by atoms with Crippen LogP contribution in [0.15, 0.2) is 78.0 Å². The molecule has 2 amide bonds. The molecule has 4 rings (SSSR count). The van der Waals surface area contributed by atoms with E-state index in [-0.39, 0.29) is 17.7 Å². The average Bonchev–Trinajstić information content (AvgIpc) is 3.32. The minimum atomic E-state index is -0.456. The number of para-hydroxylation sites is 1. The van der Waals surface area contributed by atoms with Crippen LogP contribution in [0.25, 0.3) is 17.1 Å². The number of methoxy groups -OCH3 is 1. The quantitative estimate of drug-likeness (QED) is 0.253. The second-order valence-electron chi connectivity index (χ2n) is 9.09. The van der Waals surface area contributed by atoms with Crippen molar-refractivity contribution in [3.8, 4) is 22.8 Å². The molecule has 3 aromatic carbocycles. The van der Waals surface area contributed by atoms with Gasteiger partial charge in [0.2, 0.25) is 11.8 Å². The molecule has 0 aliphatic rings. The molecule has 0 aliphatic carbocycles. The molecule has 0 fully saturated rings. The Labute approximate surface area is 226 Å². The molecule has 38 heavy (non-hydrogen) atoms. The first kappa shape index (κ1) is 26.9. The number of nitrogens with zero attached hydrogens (tertiary/aromatic N) is 3. The summed E-state index contributed by atoms with van der Waals surface area (Å²) in [5.41, 5.74) is 4.32. The summed E-state index contributed by atoms with van der Waals surface area (Å²) in [6.45, 7) is 7.59. The van der Waals surface area contributed by atoms with E-state index in [2.05, 4.69) is 46.8 Å². The van der Waals surface area contributed by atoms with E-state index in [1.807, 2.05) is 47.9 Å². The summed E-state index contributed by atoms with van der Waals surface area (Å²) < 4.78 is 7.34. The van der Waals surface area contributed by atoms with Crippen molar-refractivity contribution in [2.24, 2.45) is 0 Å². The first-order chi connectivity index (χ1) is 18.3. The maximum Gasteiger partial charge on any atom is 0.237 e. The van der Waals surface area contributed by atoms with E-state index in [4.69, 9.17) is 4.74 Å². The predicted octanol–water partition coefficient (Wildman–Crippen LogP) is 6.14. The third-order valence-corrected chi connectivity index (χ3v) is 6.95. The molecular weight excluding hydrogens is 498 g/mol. The third-order valence-electron chi connectivity index (χ3n) is 5.91. The fourth-order valence-corrected chi connectivity index (χ4v) is 4.83. The zero-order valence-electron chi connectivity index (χ0n) is 22.1. The molecule has 0 saturated heterocycles. The summed E-state index contributed by atoms with van der Waals surface area (Å²) in [6, 6.07) is 22.9. The zero-order chi connectivity index (χ0) is 27.2. The van der Waals surface area contributed by atoms with Gasteiger partial charge >= 0.3 is 0 Å². The van der Waals surface area contributed by atoms with Gasteiger partial charge in [0.25, 0.3) is 0 Å². The van der Waals surface area contributed by atoms with Crippen LogP contribution in [0.2, 0.25) is 0 Å². The van der Waals surface area contributed by atoms with E-state index < -0.39 is 5.25 Å². The maximum atomic E-state index is 13.1. The van der Waals surface area contributed by atoms with Crippen LogP contribution in [0.1, 0.15) is 39.2 Å².